The second-order valence-corrected chi connectivity index (χ2v) is 4.75. The van der Waals surface area contributed by atoms with E-state index in [0.717, 1.165) is 5.56 Å². The lowest BCUT2D eigenvalue weighted by atomic mass is 10.1. The Bertz CT molecular complexity index is 599. The van der Waals surface area contributed by atoms with Crippen molar-refractivity contribution in [3.05, 3.63) is 65.5 Å². The zero-order valence-electron chi connectivity index (χ0n) is 11.3. The fraction of sp³-hybridized carbons (Fsp3) is 0.188. The highest BCUT2D eigenvalue weighted by atomic mass is 19.1. The van der Waals surface area contributed by atoms with Crippen LogP contribution in [-0.2, 0) is 11.2 Å². The molecule has 0 heterocycles. The Morgan fingerprint density at radius 2 is 1.95 bits per heavy atom. The molecule has 1 atom stereocenters. The Balaban J connectivity index is 1.99. The average molecular weight is 272 g/mol. The lowest BCUT2D eigenvalue weighted by Gasteiger charge is -2.13. The average Bonchev–Trinajstić information content (AvgIpc) is 2.44. The molecule has 2 aromatic rings. The molecule has 0 bridgehead atoms. The molecule has 20 heavy (non-hydrogen) atoms. The smallest absolute Gasteiger partial charge is 0.241 e. The first-order valence-corrected chi connectivity index (χ1v) is 6.43. The SMILES string of the molecule is Cc1cc(NC(=O)[C@@H](N)Cc2ccccc2)ccc1F. The van der Waals surface area contributed by atoms with E-state index in [-0.39, 0.29) is 11.7 Å². The van der Waals surface area contributed by atoms with Crippen LogP contribution in [0.2, 0.25) is 0 Å². The molecule has 0 saturated heterocycles. The maximum atomic E-state index is 13.1. The van der Waals surface area contributed by atoms with Crippen LogP contribution < -0.4 is 11.1 Å². The molecule has 0 aliphatic heterocycles. The summed E-state index contributed by atoms with van der Waals surface area (Å²) in [7, 11) is 0. The van der Waals surface area contributed by atoms with Gasteiger partial charge in [0.15, 0.2) is 0 Å². The maximum absolute atomic E-state index is 13.1. The topological polar surface area (TPSA) is 55.1 Å². The maximum Gasteiger partial charge on any atom is 0.241 e. The molecule has 0 unspecified atom stereocenters. The van der Waals surface area contributed by atoms with Gasteiger partial charge < -0.3 is 11.1 Å². The van der Waals surface area contributed by atoms with Gasteiger partial charge in [0.1, 0.15) is 5.82 Å². The van der Waals surface area contributed by atoms with Crippen LogP contribution in [-0.4, -0.2) is 11.9 Å². The van der Waals surface area contributed by atoms with Crippen molar-refractivity contribution in [3.63, 3.8) is 0 Å². The van der Waals surface area contributed by atoms with Crippen LogP contribution in [0.1, 0.15) is 11.1 Å². The molecule has 0 radical (unpaired) electrons. The van der Waals surface area contributed by atoms with Gasteiger partial charge in [0, 0.05) is 5.69 Å². The van der Waals surface area contributed by atoms with Gasteiger partial charge in [-0.1, -0.05) is 30.3 Å². The predicted molar refractivity (Wildman–Crippen MR) is 77.9 cm³/mol. The molecule has 4 heteroatoms. The third kappa shape index (κ3) is 3.65. The summed E-state index contributed by atoms with van der Waals surface area (Å²) in [5, 5.41) is 2.70. The van der Waals surface area contributed by atoms with E-state index in [0.29, 0.717) is 17.7 Å². The number of anilines is 1. The van der Waals surface area contributed by atoms with Crippen molar-refractivity contribution in [3.8, 4) is 0 Å². The van der Waals surface area contributed by atoms with Crippen LogP contribution in [0.3, 0.4) is 0 Å². The molecular weight excluding hydrogens is 255 g/mol. The number of nitrogens with one attached hydrogen (secondary N) is 1. The van der Waals surface area contributed by atoms with E-state index in [1.807, 2.05) is 30.3 Å². The van der Waals surface area contributed by atoms with Gasteiger partial charge in [0.25, 0.3) is 0 Å². The summed E-state index contributed by atoms with van der Waals surface area (Å²) in [5.41, 5.74) is 7.92. The lowest BCUT2D eigenvalue weighted by Crippen LogP contribution is -2.37. The molecule has 0 aromatic heterocycles. The van der Waals surface area contributed by atoms with E-state index in [4.69, 9.17) is 5.73 Å². The number of carbonyl (C=O) groups excluding carboxylic acids is 1. The molecule has 0 saturated carbocycles. The van der Waals surface area contributed by atoms with Crippen LogP contribution in [0.4, 0.5) is 10.1 Å². The molecule has 2 rings (SSSR count). The van der Waals surface area contributed by atoms with Crippen LogP contribution in [0.15, 0.2) is 48.5 Å². The standard InChI is InChI=1S/C16H17FN2O/c1-11-9-13(7-8-14(11)17)19-16(20)15(18)10-12-5-3-2-4-6-12/h2-9,15H,10,18H2,1H3,(H,19,20)/t15-/m0/s1. The Hall–Kier alpha value is -2.20. The Labute approximate surface area is 117 Å². The summed E-state index contributed by atoms with van der Waals surface area (Å²) >= 11 is 0. The van der Waals surface area contributed by atoms with Crippen molar-refractivity contribution in [2.75, 3.05) is 5.32 Å². The van der Waals surface area contributed by atoms with Crippen molar-refractivity contribution < 1.29 is 9.18 Å². The second kappa shape index (κ2) is 6.30. The third-order valence-corrected chi connectivity index (χ3v) is 3.06. The number of carbonyl (C=O) groups is 1. The first-order valence-electron chi connectivity index (χ1n) is 6.43. The Morgan fingerprint density at radius 1 is 1.25 bits per heavy atom. The highest BCUT2D eigenvalue weighted by Crippen LogP contribution is 2.14. The van der Waals surface area contributed by atoms with E-state index in [1.165, 1.54) is 12.1 Å². The molecule has 0 fully saturated rings. The highest BCUT2D eigenvalue weighted by molar-refractivity contribution is 5.94. The van der Waals surface area contributed by atoms with Gasteiger partial charge in [-0.05, 0) is 42.7 Å². The van der Waals surface area contributed by atoms with Gasteiger partial charge >= 0.3 is 0 Å². The Morgan fingerprint density at radius 3 is 2.60 bits per heavy atom. The normalized spacial score (nSPS) is 11.9. The van der Waals surface area contributed by atoms with E-state index >= 15 is 0 Å². The molecule has 104 valence electrons. The molecule has 0 aliphatic carbocycles. The first kappa shape index (κ1) is 14.2. The molecule has 3 nitrogen and oxygen atoms in total. The number of aryl methyl sites for hydroxylation is 1. The van der Waals surface area contributed by atoms with Gasteiger partial charge in [0.2, 0.25) is 5.91 Å². The minimum absolute atomic E-state index is 0.278. The van der Waals surface area contributed by atoms with Gasteiger partial charge in [-0.25, -0.2) is 4.39 Å². The van der Waals surface area contributed by atoms with E-state index in [1.54, 1.807) is 13.0 Å². The quantitative estimate of drug-likeness (QED) is 0.899. The van der Waals surface area contributed by atoms with Crippen molar-refractivity contribution in [2.24, 2.45) is 5.73 Å². The van der Waals surface area contributed by atoms with Crippen molar-refractivity contribution in [2.45, 2.75) is 19.4 Å². The Kier molecular flexibility index (Phi) is 4.48. The van der Waals surface area contributed by atoms with Gasteiger partial charge in [-0.3, -0.25) is 4.79 Å². The number of halogens is 1. The molecule has 0 spiro atoms. The summed E-state index contributed by atoms with van der Waals surface area (Å²) < 4.78 is 13.1. The van der Waals surface area contributed by atoms with Crippen molar-refractivity contribution in [1.82, 2.24) is 0 Å². The zero-order chi connectivity index (χ0) is 14.5. The summed E-state index contributed by atoms with van der Waals surface area (Å²) in [4.78, 5) is 12.0. The fourth-order valence-corrected chi connectivity index (χ4v) is 1.92. The largest absolute Gasteiger partial charge is 0.325 e. The minimum atomic E-state index is -0.636. The number of amides is 1. The molecule has 2 aromatic carbocycles. The zero-order valence-corrected chi connectivity index (χ0v) is 11.3. The first-order chi connectivity index (χ1) is 9.56. The molecular formula is C16H17FN2O. The summed E-state index contributed by atoms with van der Waals surface area (Å²) in [6.45, 7) is 1.65. The third-order valence-electron chi connectivity index (χ3n) is 3.06. The van der Waals surface area contributed by atoms with Crippen LogP contribution in [0, 0.1) is 12.7 Å². The van der Waals surface area contributed by atoms with Crippen LogP contribution >= 0.6 is 0 Å². The van der Waals surface area contributed by atoms with E-state index < -0.39 is 6.04 Å². The van der Waals surface area contributed by atoms with Gasteiger partial charge in [0.05, 0.1) is 6.04 Å². The monoisotopic (exact) mass is 272 g/mol. The van der Waals surface area contributed by atoms with Crippen molar-refractivity contribution in [1.29, 1.82) is 0 Å². The van der Waals surface area contributed by atoms with Crippen LogP contribution in [0.25, 0.3) is 0 Å². The van der Waals surface area contributed by atoms with Crippen molar-refractivity contribution >= 4 is 11.6 Å². The van der Waals surface area contributed by atoms with Crippen LogP contribution in [0.5, 0.6) is 0 Å². The van der Waals surface area contributed by atoms with E-state index in [2.05, 4.69) is 5.32 Å². The summed E-state index contributed by atoms with van der Waals surface area (Å²) in [6.07, 6.45) is 0.465. The summed E-state index contributed by atoms with van der Waals surface area (Å²) in [6, 6.07) is 13.4. The number of hydrogen-bond acceptors (Lipinski definition) is 2. The van der Waals surface area contributed by atoms with E-state index in [9.17, 15) is 9.18 Å². The summed E-state index contributed by atoms with van der Waals surface area (Å²) in [5.74, 6) is -0.573. The number of nitrogens with two attached hydrogens (primary N) is 1. The fourth-order valence-electron chi connectivity index (χ4n) is 1.92. The van der Waals surface area contributed by atoms with Gasteiger partial charge in [-0.15, -0.1) is 0 Å². The van der Waals surface area contributed by atoms with Gasteiger partial charge in [-0.2, -0.15) is 0 Å². The lowest BCUT2D eigenvalue weighted by molar-refractivity contribution is -0.117. The molecule has 0 aliphatic rings. The molecule has 3 N–H and O–H groups in total. The minimum Gasteiger partial charge on any atom is -0.325 e. The predicted octanol–water partition coefficient (Wildman–Crippen LogP) is 2.64. The number of benzene rings is 2. The number of hydrogen-bond donors (Lipinski definition) is 2. The number of rotatable bonds is 4. The highest BCUT2D eigenvalue weighted by Gasteiger charge is 2.14. The molecule has 1 amide bonds. The second-order valence-electron chi connectivity index (χ2n) is 4.75.